The molecule has 0 atom stereocenters. The zero-order chi connectivity index (χ0) is 25.5. The van der Waals surface area contributed by atoms with Gasteiger partial charge in [0.1, 0.15) is 12.4 Å². The monoisotopic (exact) mass is 490 g/mol. The number of nitrogens with zero attached hydrogens (tertiary/aromatic N) is 2. The van der Waals surface area contributed by atoms with Crippen LogP contribution >= 0.6 is 0 Å². The highest BCUT2D eigenvalue weighted by molar-refractivity contribution is 5.93. The molecular formula is C28H30N2O6. The minimum absolute atomic E-state index is 0.0841. The second kappa shape index (κ2) is 11.5. The molecule has 1 aliphatic heterocycles. The number of anilines is 1. The van der Waals surface area contributed by atoms with Gasteiger partial charge in [0.05, 0.1) is 27.2 Å². The molecule has 3 aromatic rings. The molecule has 4 rings (SSSR count). The average molecular weight is 491 g/mol. The summed E-state index contributed by atoms with van der Waals surface area (Å²) in [6.45, 7) is 1.95. The number of carbonyl (C=O) groups is 2. The molecule has 0 saturated carbocycles. The van der Waals surface area contributed by atoms with Crippen molar-refractivity contribution in [3.8, 4) is 17.2 Å². The lowest BCUT2D eigenvalue weighted by Crippen LogP contribution is -2.49. The van der Waals surface area contributed by atoms with Crippen molar-refractivity contribution in [2.45, 2.75) is 26.0 Å². The lowest BCUT2D eigenvalue weighted by atomic mass is 10.1. The first-order valence-electron chi connectivity index (χ1n) is 11.8. The number of amides is 2. The molecule has 8 heteroatoms. The van der Waals surface area contributed by atoms with E-state index in [2.05, 4.69) is 0 Å². The Bertz CT molecular complexity index is 1210. The van der Waals surface area contributed by atoms with E-state index in [-0.39, 0.29) is 12.5 Å². The maximum Gasteiger partial charge on any atom is 0.324 e. The highest BCUT2D eigenvalue weighted by Gasteiger charge is 2.28. The molecule has 0 aliphatic carbocycles. The molecule has 1 aliphatic rings. The van der Waals surface area contributed by atoms with Crippen LogP contribution in [0.15, 0.2) is 66.7 Å². The molecule has 8 nitrogen and oxygen atoms in total. The van der Waals surface area contributed by atoms with Crippen LogP contribution < -0.4 is 19.1 Å². The molecule has 2 amide bonds. The van der Waals surface area contributed by atoms with Gasteiger partial charge in [0.25, 0.3) is 0 Å². The zero-order valence-corrected chi connectivity index (χ0v) is 20.5. The van der Waals surface area contributed by atoms with Gasteiger partial charge in [-0.3, -0.25) is 9.69 Å². The molecule has 1 N–H and O–H groups in total. The van der Waals surface area contributed by atoms with Gasteiger partial charge >= 0.3 is 12.0 Å². The minimum atomic E-state index is -0.904. The lowest BCUT2D eigenvalue weighted by Gasteiger charge is -2.36. The topological polar surface area (TPSA) is 88.5 Å². The Morgan fingerprint density at radius 1 is 0.889 bits per heavy atom. The van der Waals surface area contributed by atoms with Crippen LogP contribution in [0.5, 0.6) is 17.2 Å². The third kappa shape index (κ3) is 5.89. The van der Waals surface area contributed by atoms with Crippen molar-refractivity contribution < 1.29 is 28.9 Å². The third-order valence-electron chi connectivity index (χ3n) is 6.08. The van der Waals surface area contributed by atoms with Gasteiger partial charge in [-0.2, -0.15) is 0 Å². The second-order valence-electron chi connectivity index (χ2n) is 8.54. The number of hydrogen-bond donors (Lipinski definition) is 1. The minimum Gasteiger partial charge on any atom is -0.496 e. The molecule has 3 aromatic carbocycles. The number of aliphatic carboxylic acids is 1. The fraction of sp³-hybridized carbons (Fsp3) is 0.286. The third-order valence-corrected chi connectivity index (χ3v) is 6.08. The molecule has 0 radical (unpaired) electrons. The summed E-state index contributed by atoms with van der Waals surface area (Å²) in [6.07, 6.45) is 0.719. The van der Waals surface area contributed by atoms with Crippen molar-refractivity contribution in [3.63, 3.8) is 0 Å². The maximum atomic E-state index is 13.4. The van der Waals surface area contributed by atoms with Crippen molar-refractivity contribution in [1.29, 1.82) is 0 Å². The first-order valence-corrected chi connectivity index (χ1v) is 11.8. The lowest BCUT2D eigenvalue weighted by molar-refractivity contribution is -0.136. The van der Waals surface area contributed by atoms with Crippen LogP contribution in [0.2, 0.25) is 0 Å². The van der Waals surface area contributed by atoms with Crippen LogP contribution in [-0.4, -0.2) is 49.3 Å². The van der Waals surface area contributed by atoms with Gasteiger partial charge in [0.2, 0.25) is 0 Å². The van der Waals surface area contributed by atoms with Gasteiger partial charge in [-0.05, 0) is 35.7 Å². The number of urea groups is 1. The van der Waals surface area contributed by atoms with Gasteiger partial charge < -0.3 is 24.2 Å². The highest BCUT2D eigenvalue weighted by Crippen LogP contribution is 2.34. The largest absolute Gasteiger partial charge is 0.496 e. The smallest absolute Gasteiger partial charge is 0.324 e. The summed E-state index contributed by atoms with van der Waals surface area (Å²) in [5.74, 6) is 0.833. The van der Waals surface area contributed by atoms with Crippen molar-refractivity contribution in [2.75, 3.05) is 32.2 Å². The van der Waals surface area contributed by atoms with Crippen molar-refractivity contribution in [1.82, 2.24) is 4.90 Å². The van der Waals surface area contributed by atoms with E-state index in [9.17, 15) is 9.59 Å². The predicted octanol–water partition coefficient (Wildman–Crippen LogP) is 4.74. The van der Waals surface area contributed by atoms with E-state index >= 15 is 0 Å². The van der Waals surface area contributed by atoms with Crippen LogP contribution in [0.4, 0.5) is 10.5 Å². The van der Waals surface area contributed by atoms with Crippen LogP contribution in [0.3, 0.4) is 0 Å². The van der Waals surface area contributed by atoms with Crippen LogP contribution in [0.1, 0.15) is 23.1 Å². The Labute approximate surface area is 210 Å². The molecule has 0 bridgehead atoms. The van der Waals surface area contributed by atoms with Crippen LogP contribution in [0, 0.1) is 0 Å². The summed E-state index contributed by atoms with van der Waals surface area (Å²) in [6, 6.07) is 20.6. The highest BCUT2D eigenvalue weighted by atomic mass is 16.5. The number of ether oxygens (including phenoxy) is 3. The van der Waals surface area contributed by atoms with E-state index in [1.807, 2.05) is 54.6 Å². The van der Waals surface area contributed by atoms with E-state index in [4.69, 9.17) is 19.3 Å². The number of carboxylic acids is 1. The molecule has 36 heavy (non-hydrogen) atoms. The number of rotatable bonds is 10. The number of hydrogen-bond acceptors (Lipinski definition) is 5. The van der Waals surface area contributed by atoms with Crippen molar-refractivity contribution in [3.05, 3.63) is 83.4 Å². The fourth-order valence-corrected chi connectivity index (χ4v) is 4.26. The Hall–Kier alpha value is -4.20. The second-order valence-corrected chi connectivity index (χ2v) is 8.54. The number of methoxy groups -OCH3 is 2. The van der Waals surface area contributed by atoms with E-state index < -0.39 is 5.97 Å². The van der Waals surface area contributed by atoms with Gasteiger partial charge in [-0.15, -0.1) is 0 Å². The van der Waals surface area contributed by atoms with Gasteiger partial charge in [0, 0.05) is 30.4 Å². The number of carboxylic acid groups (broad SMARTS) is 1. The summed E-state index contributed by atoms with van der Waals surface area (Å²) in [5.41, 5.74) is 3.24. The first kappa shape index (κ1) is 24.9. The molecule has 0 unspecified atom stereocenters. The van der Waals surface area contributed by atoms with Gasteiger partial charge in [-0.25, -0.2) is 4.79 Å². The summed E-state index contributed by atoms with van der Waals surface area (Å²) in [7, 11) is 3.13. The van der Waals surface area contributed by atoms with E-state index in [1.165, 1.54) is 0 Å². The molecule has 188 valence electrons. The van der Waals surface area contributed by atoms with Crippen LogP contribution in [-0.2, 0) is 24.4 Å². The molecule has 1 fully saturated rings. The predicted molar refractivity (Wildman–Crippen MR) is 136 cm³/mol. The molecule has 0 spiro atoms. The first-order chi connectivity index (χ1) is 17.5. The van der Waals surface area contributed by atoms with Gasteiger partial charge in [0.15, 0.2) is 11.5 Å². The van der Waals surface area contributed by atoms with Crippen LogP contribution in [0.25, 0.3) is 0 Å². The molecular weight excluding hydrogens is 460 g/mol. The van der Waals surface area contributed by atoms with E-state index in [0.717, 1.165) is 23.2 Å². The Morgan fingerprint density at radius 2 is 1.67 bits per heavy atom. The molecule has 1 heterocycles. The standard InChI is InChI=1S/C28H30N2O6/c1-34-24-12-11-23(17-26(24)36-19-20-7-4-3-5-8-20)30-14-6-13-29(28(30)33)18-22-10-9-21(16-27(31)32)15-25(22)35-2/h3-5,7-12,15,17H,6,13-14,16,18-19H2,1-2H3,(H,31,32). The summed E-state index contributed by atoms with van der Waals surface area (Å²) >= 11 is 0. The quantitative estimate of drug-likeness (QED) is 0.442. The average Bonchev–Trinajstić information content (AvgIpc) is 2.89. The van der Waals surface area contributed by atoms with E-state index in [1.54, 1.807) is 36.2 Å². The number of benzene rings is 3. The Balaban J connectivity index is 1.51. The fourth-order valence-electron chi connectivity index (χ4n) is 4.26. The van der Waals surface area contributed by atoms with Gasteiger partial charge in [-0.1, -0.05) is 42.5 Å². The number of carbonyl (C=O) groups excluding carboxylic acids is 1. The Morgan fingerprint density at radius 3 is 2.39 bits per heavy atom. The molecule has 0 aromatic heterocycles. The Kier molecular flexibility index (Phi) is 7.95. The van der Waals surface area contributed by atoms with Crippen molar-refractivity contribution >= 4 is 17.7 Å². The normalized spacial score (nSPS) is 13.4. The zero-order valence-electron chi connectivity index (χ0n) is 20.5. The molecule has 1 saturated heterocycles. The van der Waals surface area contributed by atoms with Crippen molar-refractivity contribution in [2.24, 2.45) is 0 Å². The maximum absolute atomic E-state index is 13.4. The summed E-state index contributed by atoms with van der Waals surface area (Å²) in [4.78, 5) is 28.0. The summed E-state index contributed by atoms with van der Waals surface area (Å²) in [5, 5.41) is 9.06. The summed E-state index contributed by atoms with van der Waals surface area (Å²) < 4.78 is 17.0. The van der Waals surface area contributed by atoms with E-state index in [0.29, 0.717) is 49.1 Å². The SMILES string of the molecule is COc1cc(CC(=O)O)ccc1CN1CCCN(c2ccc(OC)c(OCc3ccccc3)c2)C1=O.